The van der Waals surface area contributed by atoms with Crippen LogP contribution in [0.2, 0.25) is 0 Å². The number of halogens is 1. The number of ether oxygens (including phenoxy) is 2. The van der Waals surface area contributed by atoms with Gasteiger partial charge in [0.15, 0.2) is 0 Å². The molecule has 5 rings (SSSR count). The van der Waals surface area contributed by atoms with E-state index in [0.29, 0.717) is 6.61 Å². The van der Waals surface area contributed by atoms with Crippen LogP contribution >= 0.6 is 0 Å². The molecule has 2 aromatic heterocycles. The van der Waals surface area contributed by atoms with E-state index in [9.17, 15) is 4.39 Å². The van der Waals surface area contributed by atoms with E-state index in [1.165, 1.54) is 12.1 Å². The van der Waals surface area contributed by atoms with Crippen molar-refractivity contribution in [3.05, 3.63) is 84.7 Å². The molecule has 0 fully saturated rings. The van der Waals surface area contributed by atoms with E-state index in [4.69, 9.17) is 14.5 Å². The number of para-hydroxylation sites is 1. The van der Waals surface area contributed by atoms with Crippen molar-refractivity contribution < 1.29 is 13.9 Å². The first-order chi connectivity index (χ1) is 16.1. The summed E-state index contributed by atoms with van der Waals surface area (Å²) in [7, 11) is 5.27. The monoisotopic (exact) mass is 442 g/mol. The van der Waals surface area contributed by atoms with Gasteiger partial charge in [-0.15, -0.1) is 0 Å². The molecule has 33 heavy (non-hydrogen) atoms. The molecule has 0 amide bonds. The van der Waals surface area contributed by atoms with Gasteiger partial charge in [-0.1, -0.05) is 18.2 Å². The molecule has 5 aromatic rings. The lowest BCUT2D eigenvalue weighted by atomic mass is 10.0. The fraction of sp³-hybridized carbons (Fsp3) is 0.154. The first kappa shape index (κ1) is 20.9. The molecule has 0 saturated heterocycles. The first-order valence-electron chi connectivity index (χ1n) is 10.5. The van der Waals surface area contributed by atoms with Crippen LogP contribution in [0, 0.1) is 5.82 Å². The predicted octanol–water partition coefficient (Wildman–Crippen LogP) is 5.39. The average molecular weight is 442 g/mol. The van der Waals surface area contributed by atoms with Crippen LogP contribution in [0.25, 0.3) is 39.2 Å². The molecule has 2 heterocycles. The first-order valence-corrected chi connectivity index (χ1v) is 10.5. The highest BCUT2D eigenvalue weighted by Crippen LogP contribution is 2.35. The summed E-state index contributed by atoms with van der Waals surface area (Å²) in [6.07, 6.45) is 3.68. The van der Waals surface area contributed by atoms with Crippen molar-refractivity contribution in [1.82, 2.24) is 19.1 Å². The highest BCUT2D eigenvalue weighted by molar-refractivity contribution is 5.94. The maximum Gasteiger partial charge on any atom is 0.143 e. The Balaban J connectivity index is 1.60. The van der Waals surface area contributed by atoms with E-state index in [1.54, 1.807) is 32.7 Å². The number of rotatable bonds is 6. The summed E-state index contributed by atoms with van der Waals surface area (Å²) >= 11 is 0. The zero-order chi connectivity index (χ0) is 22.9. The van der Waals surface area contributed by atoms with E-state index in [1.807, 2.05) is 52.7 Å². The Morgan fingerprint density at radius 3 is 2.52 bits per heavy atom. The molecule has 6 nitrogen and oxygen atoms in total. The molecule has 3 aromatic carbocycles. The van der Waals surface area contributed by atoms with Gasteiger partial charge in [0.05, 0.1) is 42.5 Å². The van der Waals surface area contributed by atoms with Crippen molar-refractivity contribution in [3.8, 4) is 34.0 Å². The topological polar surface area (TPSA) is 54.1 Å². The summed E-state index contributed by atoms with van der Waals surface area (Å²) in [5.74, 6) is 1.24. The van der Waals surface area contributed by atoms with E-state index < -0.39 is 0 Å². The van der Waals surface area contributed by atoms with Crippen LogP contribution in [0.4, 0.5) is 4.39 Å². The van der Waals surface area contributed by atoms with Crippen LogP contribution in [-0.4, -0.2) is 33.3 Å². The van der Waals surface area contributed by atoms with Crippen LogP contribution < -0.4 is 4.74 Å². The van der Waals surface area contributed by atoms with Crippen molar-refractivity contribution >= 4 is 11.0 Å². The van der Waals surface area contributed by atoms with Gasteiger partial charge in [-0.3, -0.25) is 0 Å². The molecular weight excluding hydrogens is 419 g/mol. The lowest BCUT2D eigenvalue weighted by Crippen LogP contribution is -1.96. The molecule has 0 aliphatic heterocycles. The minimum atomic E-state index is -0.266. The van der Waals surface area contributed by atoms with E-state index >= 15 is 0 Å². The molecule has 0 atom stereocenters. The number of aryl methyl sites for hydroxylation is 1. The normalized spacial score (nSPS) is 11.3. The van der Waals surface area contributed by atoms with Gasteiger partial charge in [-0.05, 0) is 48.0 Å². The number of methoxy groups -OCH3 is 2. The third-order valence-corrected chi connectivity index (χ3v) is 5.71. The third-order valence-electron chi connectivity index (χ3n) is 5.71. The fourth-order valence-electron chi connectivity index (χ4n) is 4.08. The van der Waals surface area contributed by atoms with Gasteiger partial charge < -0.3 is 18.6 Å². The molecule has 0 unspecified atom stereocenters. The van der Waals surface area contributed by atoms with Gasteiger partial charge in [-0.2, -0.15) is 0 Å². The molecular formula is C26H23FN4O2. The van der Waals surface area contributed by atoms with Gasteiger partial charge in [-0.25, -0.2) is 14.4 Å². The van der Waals surface area contributed by atoms with Crippen LogP contribution in [0.1, 0.15) is 5.69 Å². The van der Waals surface area contributed by atoms with E-state index in [2.05, 4.69) is 11.1 Å². The highest BCUT2D eigenvalue weighted by atomic mass is 19.1. The number of benzene rings is 3. The lowest BCUT2D eigenvalue weighted by molar-refractivity contribution is 0.182. The predicted molar refractivity (Wildman–Crippen MR) is 126 cm³/mol. The smallest absolute Gasteiger partial charge is 0.143 e. The second kappa shape index (κ2) is 8.52. The lowest BCUT2D eigenvalue weighted by Gasteiger charge is -2.12. The van der Waals surface area contributed by atoms with Crippen LogP contribution in [0.15, 0.2) is 73.2 Å². The molecule has 166 valence electrons. The SMILES string of the molecule is COCc1cn(-c2ccc(-c3cccc4c3nc(-c3ccc(F)cc3)n4C)cc2OC)cn1. The quantitative estimate of drug-likeness (QED) is 0.354. The van der Waals surface area contributed by atoms with Crippen molar-refractivity contribution in [1.29, 1.82) is 0 Å². The molecule has 0 N–H and O–H groups in total. The summed E-state index contributed by atoms with van der Waals surface area (Å²) in [5.41, 5.74) is 6.44. The Kier molecular flexibility index (Phi) is 5.40. The second-order valence-electron chi connectivity index (χ2n) is 7.77. The van der Waals surface area contributed by atoms with Crippen LogP contribution in [0.5, 0.6) is 5.75 Å². The molecule has 0 spiro atoms. The van der Waals surface area contributed by atoms with E-state index in [0.717, 1.165) is 50.7 Å². The Bertz CT molecular complexity index is 1440. The fourth-order valence-corrected chi connectivity index (χ4v) is 4.08. The molecule has 7 heteroatoms. The summed E-state index contributed by atoms with van der Waals surface area (Å²) in [6, 6.07) is 18.6. The summed E-state index contributed by atoms with van der Waals surface area (Å²) in [4.78, 5) is 9.29. The number of hydrogen-bond acceptors (Lipinski definition) is 4. The zero-order valence-corrected chi connectivity index (χ0v) is 18.6. The molecule has 0 saturated carbocycles. The number of fused-ring (bicyclic) bond motifs is 1. The van der Waals surface area contributed by atoms with E-state index in [-0.39, 0.29) is 5.82 Å². The van der Waals surface area contributed by atoms with Crippen molar-refractivity contribution in [2.45, 2.75) is 6.61 Å². The van der Waals surface area contributed by atoms with Gasteiger partial charge in [0.25, 0.3) is 0 Å². The maximum absolute atomic E-state index is 13.4. The summed E-state index contributed by atoms with van der Waals surface area (Å²) in [6.45, 7) is 0.450. The Morgan fingerprint density at radius 2 is 1.76 bits per heavy atom. The van der Waals surface area contributed by atoms with Crippen molar-refractivity contribution in [2.24, 2.45) is 7.05 Å². The van der Waals surface area contributed by atoms with Crippen molar-refractivity contribution in [3.63, 3.8) is 0 Å². The summed E-state index contributed by atoms with van der Waals surface area (Å²) in [5, 5.41) is 0. The number of aromatic nitrogens is 4. The van der Waals surface area contributed by atoms with Crippen LogP contribution in [-0.2, 0) is 18.4 Å². The number of imidazole rings is 2. The van der Waals surface area contributed by atoms with Gasteiger partial charge >= 0.3 is 0 Å². The van der Waals surface area contributed by atoms with Gasteiger partial charge in [0.2, 0.25) is 0 Å². The minimum absolute atomic E-state index is 0.266. The maximum atomic E-state index is 13.4. The standard InChI is InChI=1S/C26H23FN4O2/c1-30-23-6-4-5-21(25(23)29-26(30)17-7-10-19(27)11-8-17)18-9-12-22(24(13-18)33-3)31-14-20(15-32-2)28-16-31/h4-14,16H,15H2,1-3H3. The van der Waals surface area contributed by atoms with Gasteiger partial charge in [0, 0.05) is 31.5 Å². The average Bonchev–Trinajstić information content (AvgIpc) is 3.44. The minimum Gasteiger partial charge on any atom is -0.495 e. The molecule has 0 aliphatic rings. The third kappa shape index (κ3) is 3.76. The summed E-state index contributed by atoms with van der Waals surface area (Å²) < 4.78 is 28.2. The highest BCUT2D eigenvalue weighted by Gasteiger charge is 2.16. The molecule has 0 bridgehead atoms. The molecule has 0 radical (unpaired) electrons. The zero-order valence-electron chi connectivity index (χ0n) is 18.6. The van der Waals surface area contributed by atoms with Crippen LogP contribution in [0.3, 0.4) is 0 Å². The Morgan fingerprint density at radius 1 is 0.970 bits per heavy atom. The second-order valence-corrected chi connectivity index (χ2v) is 7.77. The van der Waals surface area contributed by atoms with Crippen molar-refractivity contribution in [2.75, 3.05) is 14.2 Å². The Labute approximate surface area is 190 Å². The number of nitrogens with zero attached hydrogens (tertiary/aromatic N) is 4. The molecule has 0 aliphatic carbocycles. The number of hydrogen-bond donors (Lipinski definition) is 0. The van der Waals surface area contributed by atoms with Gasteiger partial charge in [0.1, 0.15) is 17.4 Å². The largest absolute Gasteiger partial charge is 0.495 e. The Hall–Kier alpha value is -3.97.